The van der Waals surface area contributed by atoms with Gasteiger partial charge in [-0.2, -0.15) is 0 Å². The summed E-state index contributed by atoms with van der Waals surface area (Å²) in [5.41, 5.74) is 0.933. The van der Waals surface area contributed by atoms with Crippen LogP contribution in [0, 0.1) is 0 Å². The number of methoxy groups -OCH3 is 1. The van der Waals surface area contributed by atoms with Gasteiger partial charge in [-0.25, -0.2) is 0 Å². The molecule has 156 valence electrons. The first-order valence-electron chi connectivity index (χ1n) is 9.90. The number of aliphatic hydroxyl groups is 2. The summed E-state index contributed by atoms with van der Waals surface area (Å²) in [6.07, 6.45) is 0.675. The number of piperidine rings is 1. The Balaban J connectivity index is 1.56. The molecule has 0 radical (unpaired) electrons. The summed E-state index contributed by atoms with van der Waals surface area (Å²) in [4.78, 5) is 15.9. The highest BCUT2D eigenvalue weighted by Gasteiger charge is 2.21. The molecule has 1 amide bonds. The first kappa shape index (κ1) is 20.9. The molecule has 2 aliphatic heterocycles. The van der Waals surface area contributed by atoms with Gasteiger partial charge in [-0.1, -0.05) is 0 Å². The van der Waals surface area contributed by atoms with Crippen LogP contribution in [0.1, 0.15) is 18.4 Å². The summed E-state index contributed by atoms with van der Waals surface area (Å²) in [5, 5.41) is 22.8. The number of amides is 1. The minimum absolute atomic E-state index is 0.0266. The van der Waals surface area contributed by atoms with Crippen LogP contribution < -0.4 is 14.8 Å². The molecule has 2 heterocycles. The van der Waals surface area contributed by atoms with E-state index < -0.39 is 6.10 Å². The number of hydrogen-bond donors (Lipinski definition) is 3. The van der Waals surface area contributed by atoms with Crippen LogP contribution in [0.5, 0.6) is 11.5 Å². The molecule has 2 fully saturated rings. The summed E-state index contributed by atoms with van der Waals surface area (Å²) in [6, 6.07) is 5.60. The van der Waals surface area contributed by atoms with Crippen LogP contribution >= 0.6 is 0 Å². The van der Waals surface area contributed by atoms with Gasteiger partial charge in [0.25, 0.3) is 0 Å². The van der Waals surface area contributed by atoms with Crippen molar-refractivity contribution in [3.63, 3.8) is 0 Å². The molecule has 0 spiro atoms. The van der Waals surface area contributed by atoms with Crippen molar-refractivity contribution in [1.29, 1.82) is 0 Å². The molecular formula is C20H31N3O5. The fraction of sp³-hybridized carbons (Fsp3) is 0.650. The van der Waals surface area contributed by atoms with Crippen LogP contribution in [0.4, 0.5) is 0 Å². The Morgan fingerprint density at radius 2 is 2.04 bits per heavy atom. The topological polar surface area (TPSA) is 94.5 Å². The molecule has 3 rings (SSSR count). The predicted molar refractivity (Wildman–Crippen MR) is 104 cm³/mol. The Labute approximate surface area is 166 Å². The molecular weight excluding hydrogens is 362 g/mol. The lowest BCUT2D eigenvalue weighted by Gasteiger charge is -2.31. The van der Waals surface area contributed by atoms with E-state index in [0.29, 0.717) is 31.9 Å². The average molecular weight is 393 g/mol. The van der Waals surface area contributed by atoms with Gasteiger partial charge in [-0.15, -0.1) is 0 Å². The maximum absolute atomic E-state index is 11.6. The van der Waals surface area contributed by atoms with E-state index in [1.165, 1.54) is 0 Å². The third-order valence-corrected chi connectivity index (χ3v) is 5.24. The van der Waals surface area contributed by atoms with Crippen LogP contribution in [-0.4, -0.2) is 91.1 Å². The maximum Gasteiger partial charge on any atom is 0.234 e. The number of hydrogen-bond acceptors (Lipinski definition) is 7. The van der Waals surface area contributed by atoms with Crippen LogP contribution in [0.3, 0.4) is 0 Å². The molecule has 8 nitrogen and oxygen atoms in total. The van der Waals surface area contributed by atoms with Gasteiger partial charge in [0.2, 0.25) is 5.91 Å². The molecule has 2 aliphatic rings. The second-order valence-corrected chi connectivity index (χ2v) is 7.53. The quantitative estimate of drug-likeness (QED) is 0.564. The molecule has 3 N–H and O–H groups in total. The van der Waals surface area contributed by atoms with Gasteiger partial charge in [0.15, 0.2) is 0 Å². The van der Waals surface area contributed by atoms with Crippen molar-refractivity contribution in [2.75, 3.05) is 53.0 Å². The Kier molecular flexibility index (Phi) is 7.50. The van der Waals surface area contributed by atoms with Crippen LogP contribution in [-0.2, 0) is 11.3 Å². The highest BCUT2D eigenvalue weighted by molar-refractivity contribution is 5.78. The second kappa shape index (κ2) is 10.1. The van der Waals surface area contributed by atoms with Gasteiger partial charge in [0.05, 0.1) is 19.8 Å². The van der Waals surface area contributed by atoms with Crippen molar-refractivity contribution in [3.05, 3.63) is 23.8 Å². The van der Waals surface area contributed by atoms with Crippen molar-refractivity contribution < 1.29 is 24.5 Å². The zero-order valence-corrected chi connectivity index (χ0v) is 16.5. The first-order valence-corrected chi connectivity index (χ1v) is 9.90. The molecule has 1 aromatic carbocycles. The first-order chi connectivity index (χ1) is 13.5. The highest BCUT2D eigenvalue weighted by Crippen LogP contribution is 2.26. The van der Waals surface area contributed by atoms with E-state index in [2.05, 4.69) is 15.1 Å². The number of β-amino-alcohol motifs (C(OH)–C–C–N with tert-alkyl or cyclic N) is 1. The van der Waals surface area contributed by atoms with E-state index >= 15 is 0 Å². The van der Waals surface area contributed by atoms with Crippen molar-refractivity contribution in [1.82, 2.24) is 15.1 Å². The molecule has 0 unspecified atom stereocenters. The SMILES string of the molecule is COc1ccc(OC[C@@H](O)CN2CCC(O)CC2)c(CN2CCNC(=O)C2)c1. The van der Waals surface area contributed by atoms with Crippen LogP contribution in [0.2, 0.25) is 0 Å². The minimum atomic E-state index is -0.606. The predicted octanol–water partition coefficient (Wildman–Crippen LogP) is -0.177. The number of benzene rings is 1. The zero-order chi connectivity index (χ0) is 19.9. The number of carbonyl (C=O) groups is 1. The number of likely N-dealkylation sites (tertiary alicyclic amines) is 1. The fourth-order valence-electron chi connectivity index (χ4n) is 3.65. The van der Waals surface area contributed by atoms with Crippen molar-refractivity contribution in [2.45, 2.75) is 31.6 Å². The molecule has 28 heavy (non-hydrogen) atoms. The lowest BCUT2D eigenvalue weighted by Crippen LogP contribution is -2.47. The van der Waals surface area contributed by atoms with Crippen molar-refractivity contribution >= 4 is 5.91 Å². The third kappa shape index (κ3) is 6.07. The van der Waals surface area contributed by atoms with Gasteiger partial charge in [-0.05, 0) is 31.0 Å². The number of carbonyl (C=O) groups excluding carboxylic acids is 1. The van der Waals surface area contributed by atoms with E-state index in [0.717, 1.165) is 43.8 Å². The Morgan fingerprint density at radius 3 is 2.75 bits per heavy atom. The van der Waals surface area contributed by atoms with Crippen molar-refractivity contribution in [2.24, 2.45) is 0 Å². The minimum Gasteiger partial charge on any atom is -0.497 e. The number of piperazine rings is 1. The Morgan fingerprint density at radius 1 is 1.25 bits per heavy atom. The van der Waals surface area contributed by atoms with E-state index in [9.17, 15) is 15.0 Å². The lowest BCUT2D eigenvalue weighted by molar-refractivity contribution is -0.124. The largest absolute Gasteiger partial charge is 0.497 e. The van der Waals surface area contributed by atoms with E-state index in [4.69, 9.17) is 9.47 Å². The summed E-state index contributed by atoms with van der Waals surface area (Å²) >= 11 is 0. The lowest BCUT2D eigenvalue weighted by atomic mass is 10.1. The van der Waals surface area contributed by atoms with Gasteiger partial charge in [0.1, 0.15) is 24.2 Å². The summed E-state index contributed by atoms with van der Waals surface area (Å²) < 4.78 is 11.2. The summed E-state index contributed by atoms with van der Waals surface area (Å²) in [5.74, 6) is 1.45. The Bertz CT molecular complexity index is 649. The van der Waals surface area contributed by atoms with Gasteiger partial charge in [-0.3, -0.25) is 9.69 Å². The van der Waals surface area contributed by atoms with E-state index in [-0.39, 0.29) is 18.6 Å². The summed E-state index contributed by atoms with van der Waals surface area (Å²) in [7, 11) is 1.62. The highest BCUT2D eigenvalue weighted by atomic mass is 16.5. The van der Waals surface area contributed by atoms with Crippen molar-refractivity contribution in [3.8, 4) is 11.5 Å². The number of nitrogens with zero attached hydrogens (tertiary/aromatic N) is 2. The second-order valence-electron chi connectivity index (χ2n) is 7.53. The average Bonchev–Trinajstić information content (AvgIpc) is 2.69. The van der Waals surface area contributed by atoms with Crippen LogP contribution in [0.15, 0.2) is 18.2 Å². The number of rotatable bonds is 8. The fourth-order valence-corrected chi connectivity index (χ4v) is 3.65. The molecule has 0 aliphatic carbocycles. The number of nitrogens with one attached hydrogen (secondary N) is 1. The maximum atomic E-state index is 11.6. The van der Waals surface area contributed by atoms with Gasteiger partial charge >= 0.3 is 0 Å². The van der Waals surface area contributed by atoms with Gasteiger partial charge < -0.3 is 29.9 Å². The third-order valence-electron chi connectivity index (χ3n) is 5.24. The molecule has 0 aromatic heterocycles. The summed E-state index contributed by atoms with van der Waals surface area (Å²) in [6.45, 7) is 4.68. The Hall–Kier alpha value is -1.87. The molecule has 2 saturated heterocycles. The molecule has 1 atom stereocenters. The molecule has 1 aromatic rings. The number of aliphatic hydroxyl groups excluding tert-OH is 2. The molecule has 0 bridgehead atoms. The normalized spacial score (nSPS) is 20.6. The smallest absolute Gasteiger partial charge is 0.234 e. The molecule has 0 saturated carbocycles. The van der Waals surface area contributed by atoms with E-state index in [1.807, 2.05) is 18.2 Å². The number of ether oxygens (including phenoxy) is 2. The zero-order valence-electron chi connectivity index (χ0n) is 16.5. The monoisotopic (exact) mass is 393 g/mol. The standard InChI is InChI=1S/C20H31N3O5/c1-27-18-2-3-19(15(10-18)11-23-9-6-21-20(26)13-23)28-14-17(25)12-22-7-4-16(24)5-8-22/h2-3,10,16-17,24-25H,4-9,11-14H2,1H3,(H,21,26)/t17-/m0/s1. The van der Waals surface area contributed by atoms with Crippen LogP contribution in [0.25, 0.3) is 0 Å². The van der Waals surface area contributed by atoms with E-state index in [1.54, 1.807) is 7.11 Å². The molecule has 8 heteroatoms. The van der Waals surface area contributed by atoms with Gasteiger partial charge in [0, 0.05) is 44.8 Å².